The molecule has 2 rings (SSSR count). The van der Waals surface area contributed by atoms with Crippen LogP contribution >= 0.6 is 11.6 Å². The van der Waals surface area contributed by atoms with E-state index in [9.17, 15) is 0 Å². The molecule has 1 N–H and O–H groups in total. The van der Waals surface area contributed by atoms with Crippen LogP contribution in [0.1, 0.15) is 62.3 Å². The van der Waals surface area contributed by atoms with Crippen LogP contribution in [0, 0.1) is 19.3 Å². The second-order valence-corrected chi connectivity index (χ2v) is 6.72. The van der Waals surface area contributed by atoms with Crippen molar-refractivity contribution < 1.29 is 0 Å². The van der Waals surface area contributed by atoms with Crippen LogP contribution in [0.2, 0.25) is 5.02 Å². The van der Waals surface area contributed by atoms with Gasteiger partial charge in [-0.2, -0.15) is 0 Å². The maximum atomic E-state index is 6.24. The first-order valence-corrected chi connectivity index (χ1v) is 7.86. The number of halogens is 1. The van der Waals surface area contributed by atoms with Crippen LogP contribution in [0.25, 0.3) is 0 Å². The minimum atomic E-state index is 0.390. The maximum absolute atomic E-state index is 6.24. The fourth-order valence-corrected chi connectivity index (χ4v) is 3.74. The Labute approximate surface area is 122 Å². The van der Waals surface area contributed by atoms with Crippen molar-refractivity contribution in [1.29, 1.82) is 0 Å². The van der Waals surface area contributed by atoms with Gasteiger partial charge in [0.05, 0.1) is 0 Å². The van der Waals surface area contributed by atoms with E-state index in [0.29, 0.717) is 11.5 Å². The van der Waals surface area contributed by atoms with Gasteiger partial charge in [-0.25, -0.2) is 0 Å². The minimum absolute atomic E-state index is 0.390. The van der Waals surface area contributed by atoms with Crippen LogP contribution in [0.3, 0.4) is 0 Å². The number of benzene rings is 1. The average Bonchev–Trinajstić information content (AvgIpc) is 2.79. The Balaban J connectivity index is 2.41. The molecule has 0 aliphatic heterocycles. The standard InChI is InChI=1S/C17H26ClN/c1-5-19-16(17(4)8-6-7-9-17)14-10-13(3)15(18)11-12(14)2/h10-11,16,19H,5-9H2,1-4H3. The first-order valence-electron chi connectivity index (χ1n) is 7.48. The Morgan fingerprint density at radius 1 is 1.21 bits per heavy atom. The third kappa shape index (κ3) is 2.98. The minimum Gasteiger partial charge on any atom is -0.310 e. The van der Waals surface area contributed by atoms with Crippen molar-refractivity contribution in [3.63, 3.8) is 0 Å². The van der Waals surface area contributed by atoms with Crippen LogP contribution in [0.15, 0.2) is 12.1 Å². The summed E-state index contributed by atoms with van der Waals surface area (Å²) in [6, 6.07) is 4.86. The topological polar surface area (TPSA) is 12.0 Å². The van der Waals surface area contributed by atoms with E-state index in [1.54, 1.807) is 0 Å². The SMILES string of the molecule is CCNC(c1cc(C)c(Cl)cc1C)C1(C)CCCC1. The van der Waals surface area contributed by atoms with Gasteiger partial charge in [0.2, 0.25) is 0 Å². The summed E-state index contributed by atoms with van der Waals surface area (Å²) in [6.45, 7) is 9.94. The molecule has 1 nitrogen and oxygen atoms in total. The molecule has 2 heteroatoms. The highest BCUT2D eigenvalue weighted by molar-refractivity contribution is 6.31. The predicted molar refractivity (Wildman–Crippen MR) is 83.9 cm³/mol. The normalized spacial score (nSPS) is 19.6. The molecule has 1 aromatic rings. The Morgan fingerprint density at radius 3 is 2.42 bits per heavy atom. The second kappa shape index (κ2) is 5.85. The number of aryl methyl sites for hydroxylation is 2. The third-order valence-electron chi connectivity index (χ3n) is 4.71. The van der Waals surface area contributed by atoms with Crippen LogP contribution in [0.4, 0.5) is 0 Å². The van der Waals surface area contributed by atoms with Crippen LogP contribution in [-0.4, -0.2) is 6.54 Å². The molecule has 0 bridgehead atoms. The van der Waals surface area contributed by atoms with E-state index in [0.717, 1.165) is 11.6 Å². The van der Waals surface area contributed by atoms with E-state index >= 15 is 0 Å². The molecule has 106 valence electrons. The first kappa shape index (κ1) is 14.9. The highest BCUT2D eigenvalue weighted by Gasteiger charge is 2.38. The van der Waals surface area contributed by atoms with Crippen molar-refractivity contribution in [2.45, 2.75) is 59.4 Å². The van der Waals surface area contributed by atoms with Crippen molar-refractivity contribution in [2.24, 2.45) is 5.41 Å². The zero-order chi connectivity index (χ0) is 14.0. The lowest BCUT2D eigenvalue weighted by Gasteiger charge is -2.36. The fourth-order valence-electron chi connectivity index (χ4n) is 3.52. The highest BCUT2D eigenvalue weighted by atomic mass is 35.5. The van der Waals surface area contributed by atoms with Gasteiger partial charge in [-0.05, 0) is 61.4 Å². The van der Waals surface area contributed by atoms with Gasteiger partial charge in [-0.3, -0.25) is 0 Å². The molecule has 0 heterocycles. The fraction of sp³-hybridized carbons (Fsp3) is 0.647. The van der Waals surface area contributed by atoms with Gasteiger partial charge in [0.15, 0.2) is 0 Å². The lowest BCUT2D eigenvalue weighted by atomic mass is 9.76. The number of nitrogens with one attached hydrogen (secondary N) is 1. The predicted octanol–water partition coefficient (Wildman–Crippen LogP) is 5.19. The van der Waals surface area contributed by atoms with Crippen molar-refractivity contribution in [3.05, 3.63) is 33.8 Å². The molecule has 19 heavy (non-hydrogen) atoms. The van der Waals surface area contributed by atoms with E-state index in [1.807, 2.05) is 0 Å². The number of hydrogen-bond acceptors (Lipinski definition) is 1. The zero-order valence-electron chi connectivity index (χ0n) is 12.6. The average molecular weight is 280 g/mol. The maximum Gasteiger partial charge on any atom is 0.0438 e. The summed E-state index contributed by atoms with van der Waals surface area (Å²) in [5, 5.41) is 4.61. The molecule has 1 aromatic carbocycles. The van der Waals surface area contributed by atoms with Gasteiger partial charge in [0.1, 0.15) is 0 Å². The summed E-state index contributed by atoms with van der Waals surface area (Å²) >= 11 is 6.24. The van der Waals surface area contributed by atoms with Crippen molar-refractivity contribution >= 4 is 11.6 Å². The molecule has 1 fully saturated rings. The van der Waals surface area contributed by atoms with E-state index < -0.39 is 0 Å². The van der Waals surface area contributed by atoms with Crippen molar-refractivity contribution in [1.82, 2.24) is 5.32 Å². The molecule has 0 aromatic heterocycles. The molecule has 1 atom stereocenters. The zero-order valence-corrected chi connectivity index (χ0v) is 13.4. The molecule has 1 aliphatic rings. The lowest BCUT2D eigenvalue weighted by molar-refractivity contribution is 0.225. The summed E-state index contributed by atoms with van der Waals surface area (Å²) in [5.41, 5.74) is 4.33. The van der Waals surface area contributed by atoms with Gasteiger partial charge in [-0.15, -0.1) is 0 Å². The third-order valence-corrected chi connectivity index (χ3v) is 5.12. The van der Waals surface area contributed by atoms with Crippen LogP contribution < -0.4 is 5.32 Å². The van der Waals surface area contributed by atoms with Gasteiger partial charge >= 0.3 is 0 Å². The molecule has 0 saturated heterocycles. The van der Waals surface area contributed by atoms with E-state index in [1.165, 1.54) is 42.4 Å². The number of rotatable bonds is 4. The summed E-state index contributed by atoms with van der Waals surface area (Å²) in [5.74, 6) is 0. The van der Waals surface area contributed by atoms with Crippen molar-refractivity contribution in [2.75, 3.05) is 6.54 Å². The van der Waals surface area contributed by atoms with Gasteiger partial charge in [0, 0.05) is 11.1 Å². The van der Waals surface area contributed by atoms with Crippen molar-refractivity contribution in [3.8, 4) is 0 Å². The van der Waals surface area contributed by atoms with Crippen LogP contribution in [0.5, 0.6) is 0 Å². The summed E-state index contributed by atoms with van der Waals surface area (Å²) < 4.78 is 0. The monoisotopic (exact) mass is 279 g/mol. The largest absolute Gasteiger partial charge is 0.310 e. The summed E-state index contributed by atoms with van der Waals surface area (Å²) in [7, 11) is 0. The number of hydrogen-bond donors (Lipinski definition) is 1. The summed E-state index contributed by atoms with van der Waals surface area (Å²) in [4.78, 5) is 0. The van der Waals surface area contributed by atoms with E-state index in [2.05, 4.69) is 45.1 Å². The first-order chi connectivity index (χ1) is 8.98. The molecule has 1 unspecified atom stereocenters. The molecule has 1 aliphatic carbocycles. The molecule has 0 spiro atoms. The smallest absolute Gasteiger partial charge is 0.0438 e. The molecule has 1 saturated carbocycles. The molecule has 0 radical (unpaired) electrons. The van der Waals surface area contributed by atoms with E-state index in [-0.39, 0.29) is 0 Å². The molecular weight excluding hydrogens is 254 g/mol. The Bertz CT molecular complexity index is 447. The van der Waals surface area contributed by atoms with Crippen LogP contribution in [-0.2, 0) is 0 Å². The molecular formula is C17H26ClN. The Hall–Kier alpha value is -0.530. The Morgan fingerprint density at radius 2 is 1.84 bits per heavy atom. The molecule has 0 amide bonds. The second-order valence-electron chi connectivity index (χ2n) is 6.31. The van der Waals surface area contributed by atoms with E-state index in [4.69, 9.17) is 11.6 Å². The lowest BCUT2D eigenvalue weighted by Crippen LogP contribution is -2.35. The van der Waals surface area contributed by atoms with Gasteiger partial charge in [-0.1, -0.05) is 44.4 Å². The highest BCUT2D eigenvalue weighted by Crippen LogP contribution is 2.48. The Kier molecular flexibility index (Phi) is 4.58. The van der Waals surface area contributed by atoms with Gasteiger partial charge < -0.3 is 5.32 Å². The summed E-state index contributed by atoms with van der Waals surface area (Å²) in [6.07, 6.45) is 5.38. The quantitative estimate of drug-likeness (QED) is 0.800. The van der Waals surface area contributed by atoms with Gasteiger partial charge in [0.25, 0.3) is 0 Å².